The van der Waals surface area contributed by atoms with E-state index in [0.29, 0.717) is 12.3 Å². The number of anilines is 1. The molecule has 0 saturated carbocycles. The quantitative estimate of drug-likeness (QED) is 0.798. The van der Waals surface area contributed by atoms with E-state index < -0.39 is 0 Å². The highest BCUT2D eigenvalue weighted by Crippen LogP contribution is 2.16. The lowest BCUT2D eigenvalue weighted by atomic mass is 10.0. The smallest absolute Gasteiger partial charge is 0.224 e. The van der Waals surface area contributed by atoms with Crippen molar-refractivity contribution in [3.8, 4) is 0 Å². The number of nitrogens with one attached hydrogen (secondary N) is 2. The van der Waals surface area contributed by atoms with E-state index in [9.17, 15) is 4.79 Å². The van der Waals surface area contributed by atoms with Crippen LogP contribution in [0.4, 0.5) is 5.69 Å². The van der Waals surface area contributed by atoms with Crippen molar-refractivity contribution >= 4 is 36.4 Å². The lowest BCUT2D eigenvalue weighted by molar-refractivity contribution is -0.116. The summed E-state index contributed by atoms with van der Waals surface area (Å²) in [6.45, 7) is 2.14. The minimum Gasteiger partial charge on any atom is -0.326 e. The summed E-state index contributed by atoms with van der Waals surface area (Å²) in [5.41, 5.74) is 3.34. The van der Waals surface area contributed by atoms with Crippen LogP contribution in [0.15, 0.2) is 48.8 Å². The number of hydrogen-bond acceptors (Lipinski definition) is 3. The van der Waals surface area contributed by atoms with Crippen molar-refractivity contribution in [2.24, 2.45) is 5.92 Å². The maximum atomic E-state index is 12.0. The minimum absolute atomic E-state index is 0. The highest BCUT2D eigenvalue weighted by molar-refractivity contribution is 5.90. The van der Waals surface area contributed by atoms with Crippen molar-refractivity contribution in [1.29, 1.82) is 0 Å². The van der Waals surface area contributed by atoms with Gasteiger partial charge >= 0.3 is 0 Å². The third-order valence-electron chi connectivity index (χ3n) is 4.34. The lowest BCUT2D eigenvalue weighted by Crippen LogP contribution is -2.15. The van der Waals surface area contributed by atoms with E-state index in [1.165, 1.54) is 17.5 Å². The summed E-state index contributed by atoms with van der Waals surface area (Å²) in [6.07, 6.45) is 7.26. The Morgan fingerprint density at radius 3 is 2.40 bits per heavy atom. The van der Waals surface area contributed by atoms with Gasteiger partial charge in [-0.2, -0.15) is 0 Å². The fraction of sp³-hybridized carbons (Fsp3) is 0.368. The molecule has 1 unspecified atom stereocenters. The van der Waals surface area contributed by atoms with Gasteiger partial charge in [-0.3, -0.25) is 9.78 Å². The molecule has 1 aliphatic rings. The Hall–Kier alpha value is -1.62. The van der Waals surface area contributed by atoms with Gasteiger partial charge in [0.2, 0.25) is 5.91 Å². The molecule has 1 aliphatic heterocycles. The Morgan fingerprint density at radius 2 is 1.76 bits per heavy atom. The molecule has 0 radical (unpaired) electrons. The molecule has 1 amide bonds. The zero-order valence-corrected chi connectivity index (χ0v) is 15.7. The second-order valence-electron chi connectivity index (χ2n) is 6.17. The average molecular weight is 382 g/mol. The standard InChI is InChI=1S/C19H23N3O.2ClH/c23-19(6-3-17-9-12-21-14-17)22-18-4-1-15(2-5-18)13-16-7-10-20-11-8-16;;/h1-2,4-5,7-8,10-11,17,21H,3,6,9,12-14H2,(H,22,23);2*1H. The molecule has 6 heteroatoms. The van der Waals surface area contributed by atoms with Gasteiger partial charge in [-0.1, -0.05) is 12.1 Å². The van der Waals surface area contributed by atoms with Crippen LogP contribution in [0.5, 0.6) is 0 Å². The van der Waals surface area contributed by atoms with Gasteiger partial charge in [0.25, 0.3) is 0 Å². The first-order chi connectivity index (χ1) is 11.3. The van der Waals surface area contributed by atoms with Gasteiger partial charge in [0.1, 0.15) is 0 Å². The molecule has 4 nitrogen and oxygen atoms in total. The maximum absolute atomic E-state index is 12.0. The number of rotatable bonds is 6. The molecule has 0 aliphatic carbocycles. The first kappa shape index (κ1) is 21.4. The zero-order valence-electron chi connectivity index (χ0n) is 14.1. The topological polar surface area (TPSA) is 54.0 Å². The molecule has 1 aromatic carbocycles. The highest BCUT2D eigenvalue weighted by Gasteiger charge is 2.15. The summed E-state index contributed by atoms with van der Waals surface area (Å²) in [5, 5.41) is 6.32. The van der Waals surface area contributed by atoms with Crippen molar-refractivity contribution in [3.63, 3.8) is 0 Å². The molecule has 1 atom stereocenters. The number of nitrogens with zero attached hydrogens (tertiary/aromatic N) is 1. The number of carbonyl (C=O) groups excluding carboxylic acids is 1. The summed E-state index contributed by atoms with van der Waals surface area (Å²) in [6, 6.07) is 12.1. The summed E-state index contributed by atoms with van der Waals surface area (Å²) in [7, 11) is 0. The van der Waals surface area contributed by atoms with Crippen molar-refractivity contribution < 1.29 is 4.79 Å². The van der Waals surface area contributed by atoms with Crippen LogP contribution in [0.25, 0.3) is 0 Å². The molecule has 0 spiro atoms. The van der Waals surface area contributed by atoms with E-state index in [1.54, 1.807) is 0 Å². The first-order valence-electron chi connectivity index (χ1n) is 8.28. The SMILES string of the molecule is Cl.Cl.O=C(CCC1CCNC1)Nc1ccc(Cc2ccncc2)cc1. The molecule has 25 heavy (non-hydrogen) atoms. The Labute approximate surface area is 161 Å². The number of pyridine rings is 1. The fourth-order valence-corrected chi connectivity index (χ4v) is 2.96. The predicted molar refractivity (Wildman–Crippen MR) is 107 cm³/mol. The Balaban J connectivity index is 0.00000156. The van der Waals surface area contributed by atoms with Crippen LogP contribution < -0.4 is 10.6 Å². The Bertz CT molecular complexity index is 629. The predicted octanol–water partition coefficient (Wildman–Crippen LogP) is 3.84. The summed E-state index contributed by atoms with van der Waals surface area (Å²) in [5.74, 6) is 0.766. The summed E-state index contributed by atoms with van der Waals surface area (Å²) in [4.78, 5) is 16.0. The second-order valence-corrected chi connectivity index (χ2v) is 6.17. The highest BCUT2D eigenvalue weighted by atomic mass is 35.5. The third kappa shape index (κ3) is 7.02. The van der Waals surface area contributed by atoms with Gasteiger partial charge in [0, 0.05) is 24.5 Å². The fourth-order valence-electron chi connectivity index (χ4n) is 2.96. The van der Waals surface area contributed by atoms with Gasteiger partial charge in [-0.05, 0) is 73.7 Å². The van der Waals surface area contributed by atoms with E-state index >= 15 is 0 Å². The monoisotopic (exact) mass is 381 g/mol. The van der Waals surface area contributed by atoms with Crippen LogP contribution >= 0.6 is 24.8 Å². The molecule has 1 aromatic heterocycles. The van der Waals surface area contributed by atoms with Crippen molar-refractivity contribution in [3.05, 3.63) is 59.9 Å². The van der Waals surface area contributed by atoms with Crippen molar-refractivity contribution in [2.75, 3.05) is 18.4 Å². The Morgan fingerprint density at radius 1 is 1.08 bits per heavy atom. The van der Waals surface area contributed by atoms with E-state index in [2.05, 4.69) is 27.8 Å². The summed E-state index contributed by atoms with van der Waals surface area (Å²) < 4.78 is 0. The van der Waals surface area contributed by atoms with E-state index in [0.717, 1.165) is 31.6 Å². The zero-order chi connectivity index (χ0) is 15.9. The maximum Gasteiger partial charge on any atom is 0.224 e. The minimum atomic E-state index is 0. The van der Waals surface area contributed by atoms with Gasteiger partial charge in [0.15, 0.2) is 0 Å². The van der Waals surface area contributed by atoms with Crippen LogP contribution in [0.3, 0.4) is 0 Å². The molecule has 1 saturated heterocycles. The van der Waals surface area contributed by atoms with Crippen molar-refractivity contribution in [2.45, 2.75) is 25.7 Å². The van der Waals surface area contributed by atoms with E-state index in [1.807, 2.05) is 36.7 Å². The number of amides is 1. The largest absolute Gasteiger partial charge is 0.326 e. The van der Waals surface area contributed by atoms with Gasteiger partial charge in [-0.15, -0.1) is 24.8 Å². The van der Waals surface area contributed by atoms with Crippen LogP contribution in [-0.2, 0) is 11.2 Å². The number of carbonyl (C=O) groups is 1. The molecule has 2 N–H and O–H groups in total. The molecule has 2 aromatic rings. The molecule has 0 bridgehead atoms. The van der Waals surface area contributed by atoms with Gasteiger partial charge < -0.3 is 10.6 Å². The van der Waals surface area contributed by atoms with Crippen LogP contribution in [-0.4, -0.2) is 24.0 Å². The molecular formula is C19H25Cl2N3O. The third-order valence-corrected chi connectivity index (χ3v) is 4.34. The van der Waals surface area contributed by atoms with Crippen molar-refractivity contribution in [1.82, 2.24) is 10.3 Å². The van der Waals surface area contributed by atoms with Gasteiger partial charge in [0.05, 0.1) is 0 Å². The number of benzene rings is 1. The molecule has 2 heterocycles. The molecule has 136 valence electrons. The average Bonchev–Trinajstić information content (AvgIpc) is 3.09. The number of hydrogen-bond donors (Lipinski definition) is 2. The second kappa shape index (κ2) is 11.1. The molecule has 3 rings (SSSR count). The first-order valence-corrected chi connectivity index (χ1v) is 8.28. The normalized spacial score (nSPS) is 15.8. The van der Waals surface area contributed by atoms with Crippen LogP contribution in [0.2, 0.25) is 0 Å². The van der Waals surface area contributed by atoms with Gasteiger partial charge in [-0.25, -0.2) is 0 Å². The van der Waals surface area contributed by atoms with E-state index in [4.69, 9.17) is 0 Å². The molecule has 1 fully saturated rings. The lowest BCUT2D eigenvalue weighted by Gasteiger charge is -2.09. The van der Waals surface area contributed by atoms with Crippen LogP contribution in [0, 0.1) is 5.92 Å². The van der Waals surface area contributed by atoms with E-state index in [-0.39, 0.29) is 30.7 Å². The Kier molecular flexibility index (Phi) is 9.50. The number of aromatic nitrogens is 1. The molecular weight excluding hydrogens is 357 g/mol. The van der Waals surface area contributed by atoms with Crippen LogP contribution in [0.1, 0.15) is 30.4 Å². The number of halogens is 2. The summed E-state index contributed by atoms with van der Waals surface area (Å²) >= 11 is 0.